The topological polar surface area (TPSA) is 67.6 Å². The number of nitrogens with one attached hydrogen (secondary N) is 1. The molecule has 1 N–H and O–H groups in total. The second-order valence-corrected chi connectivity index (χ2v) is 5.91. The summed E-state index contributed by atoms with van der Waals surface area (Å²) in [6, 6.07) is 6.02. The molecular formula is C15H21N3O3. The van der Waals surface area contributed by atoms with Gasteiger partial charge in [-0.15, -0.1) is 0 Å². The Kier molecular flexibility index (Phi) is 4.07. The SMILES string of the molecule is COc1ccc([N+](=O)[O-])cc1CN1CCC2CCC(C1)N2. The Morgan fingerprint density at radius 2 is 2.19 bits per heavy atom. The summed E-state index contributed by atoms with van der Waals surface area (Å²) in [5, 5.41) is 14.6. The molecule has 2 heterocycles. The summed E-state index contributed by atoms with van der Waals surface area (Å²) in [5.41, 5.74) is 1.02. The van der Waals surface area contributed by atoms with Crippen molar-refractivity contribution in [3.63, 3.8) is 0 Å². The van der Waals surface area contributed by atoms with E-state index < -0.39 is 0 Å². The van der Waals surface area contributed by atoms with Gasteiger partial charge < -0.3 is 10.1 Å². The zero-order valence-electron chi connectivity index (χ0n) is 12.2. The molecule has 2 unspecified atom stereocenters. The number of fused-ring (bicyclic) bond motifs is 2. The first kappa shape index (κ1) is 14.3. The van der Waals surface area contributed by atoms with Crippen LogP contribution in [0.4, 0.5) is 5.69 Å². The Morgan fingerprint density at radius 3 is 2.95 bits per heavy atom. The molecule has 2 saturated heterocycles. The van der Waals surface area contributed by atoms with Crippen LogP contribution in [0.5, 0.6) is 5.75 Å². The van der Waals surface area contributed by atoms with Gasteiger partial charge in [0.2, 0.25) is 0 Å². The lowest BCUT2D eigenvalue weighted by Crippen LogP contribution is -2.35. The molecule has 2 fully saturated rings. The molecule has 2 aliphatic heterocycles. The largest absolute Gasteiger partial charge is 0.496 e. The molecule has 1 aromatic rings. The van der Waals surface area contributed by atoms with E-state index in [0.717, 1.165) is 30.8 Å². The van der Waals surface area contributed by atoms with Gasteiger partial charge in [-0.3, -0.25) is 15.0 Å². The minimum atomic E-state index is -0.352. The molecular weight excluding hydrogens is 270 g/mol. The van der Waals surface area contributed by atoms with E-state index in [2.05, 4.69) is 10.2 Å². The summed E-state index contributed by atoms with van der Waals surface area (Å²) in [6.07, 6.45) is 3.65. The maximum Gasteiger partial charge on any atom is 0.270 e. The lowest BCUT2D eigenvalue weighted by atomic mass is 10.1. The molecule has 1 aromatic carbocycles. The predicted octanol–water partition coefficient (Wildman–Crippen LogP) is 1.93. The normalized spacial score (nSPS) is 25.6. The molecule has 0 aromatic heterocycles. The van der Waals surface area contributed by atoms with Gasteiger partial charge in [-0.2, -0.15) is 0 Å². The fraction of sp³-hybridized carbons (Fsp3) is 0.600. The minimum absolute atomic E-state index is 0.125. The number of hydrogen-bond donors (Lipinski definition) is 1. The molecule has 3 rings (SSSR count). The molecule has 0 amide bonds. The summed E-state index contributed by atoms with van der Waals surface area (Å²) >= 11 is 0. The number of nitro benzene ring substituents is 1. The van der Waals surface area contributed by atoms with Crippen LogP contribution in [0.2, 0.25) is 0 Å². The van der Waals surface area contributed by atoms with Crippen molar-refractivity contribution in [3.05, 3.63) is 33.9 Å². The van der Waals surface area contributed by atoms with Gasteiger partial charge >= 0.3 is 0 Å². The summed E-state index contributed by atoms with van der Waals surface area (Å²) in [6.45, 7) is 2.73. The Balaban J connectivity index is 1.76. The Labute approximate surface area is 124 Å². The number of non-ortho nitro benzene ring substituents is 1. The van der Waals surface area contributed by atoms with Gasteiger partial charge in [0.1, 0.15) is 5.75 Å². The number of rotatable bonds is 4. The lowest BCUT2D eigenvalue weighted by molar-refractivity contribution is -0.384. The van der Waals surface area contributed by atoms with E-state index in [4.69, 9.17) is 4.74 Å². The highest BCUT2D eigenvalue weighted by atomic mass is 16.6. The van der Waals surface area contributed by atoms with Gasteiger partial charge in [0, 0.05) is 49.4 Å². The molecule has 2 aliphatic rings. The molecule has 21 heavy (non-hydrogen) atoms. The van der Waals surface area contributed by atoms with Crippen molar-refractivity contribution in [2.45, 2.75) is 37.9 Å². The number of hydrogen-bond acceptors (Lipinski definition) is 5. The quantitative estimate of drug-likeness (QED) is 0.678. The molecule has 6 heteroatoms. The molecule has 6 nitrogen and oxygen atoms in total. The maximum atomic E-state index is 10.9. The second-order valence-electron chi connectivity index (χ2n) is 5.91. The molecule has 0 spiro atoms. The third kappa shape index (κ3) is 3.16. The molecule has 0 saturated carbocycles. The first-order chi connectivity index (χ1) is 10.2. The number of benzene rings is 1. The van der Waals surface area contributed by atoms with Crippen LogP contribution < -0.4 is 10.1 Å². The van der Waals surface area contributed by atoms with Crippen molar-refractivity contribution < 1.29 is 9.66 Å². The molecule has 0 aliphatic carbocycles. The van der Waals surface area contributed by atoms with Crippen LogP contribution >= 0.6 is 0 Å². The number of nitrogens with zero attached hydrogens (tertiary/aromatic N) is 2. The fourth-order valence-electron chi connectivity index (χ4n) is 3.40. The van der Waals surface area contributed by atoms with E-state index in [-0.39, 0.29) is 10.6 Å². The molecule has 114 valence electrons. The van der Waals surface area contributed by atoms with Gasteiger partial charge in [-0.25, -0.2) is 0 Å². The second kappa shape index (κ2) is 5.99. The monoisotopic (exact) mass is 291 g/mol. The van der Waals surface area contributed by atoms with Crippen molar-refractivity contribution in [2.75, 3.05) is 20.2 Å². The van der Waals surface area contributed by atoms with E-state index in [1.54, 1.807) is 19.2 Å². The minimum Gasteiger partial charge on any atom is -0.496 e. The molecule has 2 atom stereocenters. The highest BCUT2D eigenvalue weighted by Crippen LogP contribution is 2.27. The van der Waals surface area contributed by atoms with E-state index in [9.17, 15) is 10.1 Å². The van der Waals surface area contributed by atoms with E-state index in [1.807, 2.05) is 0 Å². The van der Waals surface area contributed by atoms with Crippen molar-refractivity contribution >= 4 is 5.69 Å². The third-order valence-corrected chi connectivity index (χ3v) is 4.48. The highest BCUT2D eigenvalue weighted by Gasteiger charge is 2.29. The number of methoxy groups -OCH3 is 1. The summed E-state index contributed by atoms with van der Waals surface area (Å²) in [5.74, 6) is 0.725. The number of nitro groups is 1. The standard InChI is InChI=1S/C15H21N3O3/c1-21-15-5-4-14(18(19)20)8-11(15)9-17-7-6-12-2-3-13(10-17)16-12/h4-5,8,12-13,16H,2-3,6-7,9-10H2,1H3. The fourth-order valence-corrected chi connectivity index (χ4v) is 3.40. The van der Waals surface area contributed by atoms with Gasteiger partial charge in [0.15, 0.2) is 0 Å². The van der Waals surface area contributed by atoms with Crippen LogP contribution in [0, 0.1) is 10.1 Å². The average Bonchev–Trinajstić information content (AvgIpc) is 2.81. The average molecular weight is 291 g/mol. The van der Waals surface area contributed by atoms with Gasteiger partial charge in [0.25, 0.3) is 5.69 Å². The third-order valence-electron chi connectivity index (χ3n) is 4.48. The Bertz CT molecular complexity index is 535. The maximum absolute atomic E-state index is 10.9. The molecule has 0 radical (unpaired) electrons. The van der Waals surface area contributed by atoms with Crippen LogP contribution in [0.1, 0.15) is 24.8 Å². The van der Waals surface area contributed by atoms with Crippen molar-refractivity contribution in [2.24, 2.45) is 0 Å². The van der Waals surface area contributed by atoms with Gasteiger partial charge in [0.05, 0.1) is 12.0 Å². The van der Waals surface area contributed by atoms with Crippen LogP contribution in [-0.2, 0) is 6.54 Å². The van der Waals surface area contributed by atoms with E-state index >= 15 is 0 Å². The van der Waals surface area contributed by atoms with Crippen molar-refractivity contribution in [3.8, 4) is 5.75 Å². The Hall–Kier alpha value is -1.66. The van der Waals surface area contributed by atoms with Crippen LogP contribution in [0.25, 0.3) is 0 Å². The lowest BCUT2D eigenvalue weighted by Gasteiger charge is -2.24. The van der Waals surface area contributed by atoms with Gasteiger partial charge in [-0.05, 0) is 25.3 Å². The predicted molar refractivity (Wildman–Crippen MR) is 79.5 cm³/mol. The zero-order valence-corrected chi connectivity index (χ0v) is 12.2. The van der Waals surface area contributed by atoms with Crippen LogP contribution in [-0.4, -0.2) is 42.1 Å². The summed E-state index contributed by atoms with van der Waals surface area (Å²) in [4.78, 5) is 13.0. The van der Waals surface area contributed by atoms with Crippen LogP contribution in [0.3, 0.4) is 0 Å². The van der Waals surface area contributed by atoms with E-state index in [1.165, 1.54) is 18.9 Å². The van der Waals surface area contributed by atoms with Crippen molar-refractivity contribution in [1.82, 2.24) is 10.2 Å². The number of ether oxygens (including phenoxy) is 1. The van der Waals surface area contributed by atoms with Crippen molar-refractivity contribution in [1.29, 1.82) is 0 Å². The Morgan fingerprint density at radius 1 is 1.38 bits per heavy atom. The molecule has 2 bridgehead atoms. The summed E-state index contributed by atoms with van der Waals surface area (Å²) in [7, 11) is 1.61. The van der Waals surface area contributed by atoms with Gasteiger partial charge in [-0.1, -0.05) is 0 Å². The summed E-state index contributed by atoms with van der Waals surface area (Å²) < 4.78 is 5.35. The smallest absolute Gasteiger partial charge is 0.270 e. The van der Waals surface area contributed by atoms with Crippen LogP contribution in [0.15, 0.2) is 18.2 Å². The first-order valence-electron chi connectivity index (χ1n) is 7.45. The zero-order chi connectivity index (χ0) is 14.8. The highest BCUT2D eigenvalue weighted by molar-refractivity contribution is 5.43. The number of likely N-dealkylation sites (tertiary alicyclic amines) is 1. The van der Waals surface area contributed by atoms with E-state index in [0.29, 0.717) is 18.6 Å². The first-order valence-corrected chi connectivity index (χ1v) is 7.45.